The quantitative estimate of drug-likeness (QED) is 0.751. The number of quaternary nitrogens is 1. The Hall–Kier alpha value is -1.01. The SMILES string of the molecule is C[N+]1(Cc2ccc(C(F)(F)F)o2)CCOCC1. The second-order valence-corrected chi connectivity index (χ2v) is 4.60. The van der Waals surface area contributed by atoms with E-state index in [1.54, 1.807) is 0 Å². The van der Waals surface area contributed by atoms with Gasteiger partial charge in [0.1, 0.15) is 19.6 Å². The maximum Gasteiger partial charge on any atom is 0.449 e. The molecule has 0 bridgehead atoms. The molecule has 6 heteroatoms. The van der Waals surface area contributed by atoms with Crippen LogP contribution in [0.5, 0.6) is 0 Å². The van der Waals surface area contributed by atoms with E-state index in [0.29, 0.717) is 30.0 Å². The van der Waals surface area contributed by atoms with Gasteiger partial charge in [0.15, 0.2) is 5.76 Å². The number of hydrogen-bond acceptors (Lipinski definition) is 2. The molecule has 0 N–H and O–H groups in total. The lowest BCUT2D eigenvalue weighted by Gasteiger charge is -2.36. The zero-order chi connectivity index (χ0) is 12.5. The van der Waals surface area contributed by atoms with Crippen LogP contribution in [0.25, 0.3) is 0 Å². The zero-order valence-corrected chi connectivity index (χ0v) is 9.59. The van der Waals surface area contributed by atoms with Crippen molar-refractivity contribution in [3.63, 3.8) is 0 Å². The second-order valence-electron chi connectivity index (χ2n) is 4.60. The monoisotopic (exact) mass is 250 g/mol. The van der Waals surface area contributed by atoms with Crippen molar-refractivity contribution in [1.82, 2.24) is 0 Å². The van der Waals surface area contributed by atoms with Crippen LogP contribution < -0.4 is 0 Å². The number of hydrogen-bond donors (Lipinski definition) is 0. The van der Waals surface area contributed by atoms with E-state index in [0.717, 1.165) is 19.2 Å². The van der Waals surface area contributed by atoms with Gasteiger partial charge in [-0.15, -0.1) is 0 Å². The first-order valence-electron chi connectivity index (χ1n) is 5.46. The minimum atomic E-state index is -4.40. The van der Waals surface area contributed by atoms with E-state index >= 15 is 0 Å². The highest BCUT2D eigenvalue weighted by molar-refractivity contribution is 5.09. The van der Waals surface area contributed by atoms with Gasteiger partial charge in [0.25, 0.3) is 0 Å². The van der Waals surface area contributed by atoms with E-state index < -0.39 is 11.9 Å². The predicted octanol–water partition coefficient (Wildman–Crippen LogP) is 2.28. The summed E-state index contributed by atoms with van der Waals surface area (Å²) in [5, 5.41) is 0. The number of alkyl halides is 3. The summed E-state index contributed by atoms with van der Waals surface area (Å²) in [5.74, 6) is -0.547. The normalized spacial score (nSPS) is 20.5. The molecule has 1 aliphatic rings. The fourth-order valence-corrected chi connectivity index (χ4v) is 1.93. The smallest absolute Gasteiger partial charge is 0.449 e. The first kappa shape index (κ1) is 12.4. The summed E-state index contributed by atoms with van der Waals surface area (Å²) < 4.78 is 47.8. The minimum Gasteiger partial charge on any atom is -0.451 e. The molecule has 0 atom stereocenters. The average molecular weight is 250 g/mol. The predicted molar refractivity (Wildman–Crippen MR) is 54.2 cm³/mol. The Kier molecular flexibility index (Phi) is 3.18. The molecule has 0 aromatic carbocycles. The Morgan fingerprint density at radius 2 is 1.88 bits per heavy atom. The van der Waals surface area contributed by atoms with Gasteiger partial charge in [0.2, 0.25) is 5.76 Å². The molecule has 1 aliphatic heterocycles. The highest BCUT2D eigenvalue weighted by atomic mass is 19.4. The lowest BCUT2D eigenvalue weighted by atomic mass is 10.3. The van der Waals surface area contributed by atoms with Crippen molar-refractivity contribution >= 4 is 0 Å². The van der Waals surface area contributed by atoms with Gasteiger partial charge in [-0.25, -0.2) is 0 Å². The highest BCUT2D eigenvalue weighted by Gasteiger charge is 2.36. The molecule has 0 aliphatic carbocycles. The summed E-state index contributed by atoms with van der Waals surface area (Å²) in [6, 6.07) is 2.39. The molecular formula is C11H15F3NO2+. The van der Waals surface area contributed by atoms with Crippen molar-refractivity contribution in [3.05, 3.63) is 23.7 Å². The van der Waals surface area contributed by atoms with E-state index in [1.807, 2.05) is 7.05 Å². The maximum absolute atomic E-state index is 12.4. The van der Waals surface area contributed by atoms with Crippen molar-refractivity contribution in [2.24, 2.45) is 0 Å². The van der Waals surface area contributed by atoms with Crippen LogP contribution in [0.2, 0.25) is 0 Å². The number of nitrogens with zero attached hydrogens (tertiary/aromatic N) is 1. The van der Waals surface area contributed by atoms with Crippen molar-refractivity contribution in [2.45, 2.75) is 12.7 Å². The van der Waals surface area contributed by atoms with Gasteiger partial charge in [-0.1, -0.05) is 0 Å². The molecule has 1 fully saturated rings. The summed E-state index contributed by atoms with van der Waals surface area (Å²) in [6.45, 7) is 3.34. The van der Waals surface area contributed by atoms with Gasteiger partial charge in [-0.2, -0.15) is 13.2 Å². The third-order valence-electron chi connectivity index (χ3n) is 3.03. The topological polar surface area (TPSA) is 22.4 Å². The Balaban J connectivity index is 2.06. The van der Waals surface area contributed by atoms with E-state index in [-0.39, 0.29) is 0 Å². The third-order valence-corrected chi connectivity index (χ3v) is 3.03. The third kappa shape index (κ3) is 3.01. The lowest BCUT2D eigenvalue weighted by Crippen LogP contribution is -2.51. The summed E-state index contributed by atoms with van der Waals surface area (Å²) >= 11 is 0. The molecule has 1 aromatic rings. The molecule has 2 rings (SSSR count). The van der Waals surface area contributed by atoms with E-state index in [1.165, 1.54) is 6.07 Å². The second kappa shape index (κ2) is 4.34. The fraction of sp³-hybridized carbons (Fsp3) is 0.636. The van der Waals surface area contributed by atoms with Crippen molar-refractivity contribution in [2.75, 3.05) is 33.4 Å². The van der Waals surface area contributed by atoms with Gasteiger partial charge in [-0.3, -0.25) is 0 Å². The van der Waals surface area contributed by atoms with Crippen LogP contribution in [0.3, 0.4) is 0 Å². The first-order chi connectivity index (χ1) is 7.89. The molecule has 0 unspecified atom stereocenters. The van der Waals surface area contributed by atoms with Gasteiger partial charge in [0.05, 0.1) is 20.3 Å². The Bertz CT molecular complexity index is 380. The van der Waals surface area contributed by atoms with Crippen LogP contribution in [0.1, 0.15) is 11.5 Å². The molecule has 17 heavy (non-hydrogen) atoms. The van der Waals surface area contributed by atoms with Crippen molar-refractivity contribution in [1.29, 1.82) is 0 Å². The first-order valence-corrected chi connectivity index (χ1v) is 5.46. The molecule has 3 nitrogen and oxygen atoms in total. The summed E-state index contributed by atoms with van der Waals surface area (Å²) in [7, 11) is 2.00. The van der Waals surface area contributed by atoms with Gasteiger partial charge < -0.3 is 13.6 Å². The van der Waals surface area contributed by atoms with Crippen LogP contribution in [-0.4, -0.2) is 37.8 Å². The van der Waals surface area contributed by atoms with Crippen molar-refractivity contribution < 1.29 is 26.8 Å². The fourth-order valence-electron chi connectivity index (χ4n) is 1.93. The molecule has 1 aromatic heterocycles. The molecule has 0 radical (unpaired) electrons. The van der Waals surface area contributed by atoms with Crippen LogP contribution in [0, 0.1) is 0 Å². The van der Waals surface area contributed by atoms with E-state index in [2.05, 4.69) is 0 Å². The summed E-state index contributed by atoms with van der Waals surface area (Å²) in [6.07, 6.45) is -4.40. The maximum atomic E-state index is 12.4. The Labute approximate surface area is 97.4 Å². The number of furan rings is 1. The van der Waals surface area contributed by atoms with Crippen LogP contribution in [-0.2, 0) is 17.5 Å². The number of rotatable bonds is 2. The Morgan fingerprint density at radius 3 is 2.41 bits per heavy atom. The lowest BCUT2D eigenvalue weighted by molar-refractivity contribution is -0.930. The summed E-state index contributed by atoms with van der Waals surface area (Å²) in [4.78, 5) is 0. The van der Waals surface area contributed by atoms with Crippen LogP contribution in [0.15, 0.2) is 16.5 Å². The molecule has 2 heterocycles. The molecular weight excluding hydrogens is 235 g/mol. The molecule has 96 valence electrons. The Morgan fingerprint density at radius 1 is 1.24 bits per heavy atom. The van der Waals surface area contributed by atoms with Crippen molar-refractivity contribution in [3.8, 4) is 0 Å². The number of likely N-dealkylation sites (N-methyl/N-ethyl adjacent to an activating group) is 1. The van der Waals surface area contributed by atoms with Crippen LogP contribution >= 0.6 is 0 Å². The van der Waals surface area contributed by atoms with Gasteiger partial charge in [-0.05, 0) is 12.1 Å². The standard InChI is InChI=1S/C11H15F3NO2/c1-15(4-6-16-7-5-15)8-9-2-3-10(17-9)11(12,13)14/h2-3H,4-8H2,1H3/q+1. The van der Waals surface area contributed by atoms with Crippen LogP contribution in [0.4, 0.5) is 13.2 Å². The van der Waals surface area contributed by atoms with E-state index in [4.69, 9.17) is 9.15 Å². The number of halogens is 3. The number of morpholine rings is 1. The average Bonchev–Trinajstić information content (AvgIpc) is 2.66. The highest BCUT2D eigenvalue weighted by Crippen LogP contribution is 2.31. The summed E-state index contributed by atoms with van der Waals surface area (Å²) in [5.41, 5.74) is 0. The van der Waals surface area contributed by atoms with Gasteiger partial charge >= 0.3 is 6.18 Å². The molecule has 1 saturated heterocycles. The minimum absolute atomic E-state index is 0.377. The zero-order valence-electron chi connectivity index (χ0n) is 9.59. The molecule has 0 spiro atoms. The largest absolute Gasteiger partial charge is 0.451 e. The molecule has 0 saturated carbocycles. The molecule has 0 amide bonds. The van der Waals surface area contributed by atoms with E-state index in [9.17, 15) is 13.2 Å². The van der Waals surface area contributed by atoms with Gasteiger partial charge in [0, 0.05) is 0 Å². The number of ether oxygens (including phenoxy) is 1.